The lowest BCUT2D eigenvalue weighted by Gasteiger charge is -2.42. The van der Waals surface area contributed by atoms with Crippen molar-refractivity contribution in [2.75, 3.05) is 55.4 Å². The van der Waals surface area contributed by atoms with Crippen LogP contribution in [0.25, 0.3) is 0 Å². The van der Waals surface area contributed by atoms with Gasteiger partial charge in [-0.3, -0.25) is 14.4 Å². The fraction of sp³-hybridized carbons (Fsp3) is 0.912. The summed E-state index contributed by atoms with van der Waals surface area (Å²) in [5.74, 6) is -2.22. The van der Waals surface area contributed by atoms with Crippen molar-refractivity contribution in [3.05, 3.63) is 0 Å². The first-order valence-electron chi connectivity index (χ1n) is 15.5. The molecule has 0 radical (unpaired) electrons. The van der Waals surface area contributed by atoms with E-state index in [1.165, 1.54) is 21.3 Å². The topological polar surface area (TPSA) is 175 Å². The van der Waals surface area contributed by atoms with E-state index in [9.17, 15) is 19.5 Å². The van der Waals surface area contributed by atoms with Crippen LogP contribution in [0.4, 0.5) is 0 Å². The molecule has 2 N–H and O–H groups in total. The lowest BCUT2D eigenvalue weighted by molar-refractivity contribution is -0.196. The molecule has 5 rings (SSSR count). The summed E-state index contributed by atoms with van der Waals surface area (Å²) in [6.07, 6.45) is 3.53. The highest BCUT2D eigenvalue weighted by Crippen LogP contribution is 2.49. The maximum absolute atomic E-state index is 11.2. The molecule has 0 aromatic carbocycles. The second-order valence-electron chi connectivity index (χ2n) is 14.0. The minimum atomic E-state index is -1.03. The molecule has 3 aliphatic carbocycles. The molecule has 0 unspecified atom stereocenters. The number of carbonyl (C=O) groups excluding carboxylic acids is 3. The van der Waals surface area contributed by atoms with Gasteiger partial charge >= 0.3 is 17.9 Å². The predicted molar refractivity (Wildman–Crippen MR) is 176 cm³/mol. The van der Waals surface area contributed by atoms with Crippen LogP contribution < -0.4 is 0 Å². The number of methoxy groups -OCH3 is 5. The predicted octanol–water partition coefficient (Wildman–Crippen LogP) is 3.76. The first kappa shape index (κ1) is 46.1. The van der Waals surface area contributed by atoms with Crippen LogP contribution in [0.15, 0.2) is 0 Å². The van der Waals surface area contributed by atoms with Crippen molar-refractivity contribution < 1.29 is 67.2 Å². The van der Waals surface area contributed by atoms with Gasteiger partial charge in [0.2, 0.25) is 0 Å². The van der Waals surface area contributed by atoms with Crippen molar-refractivity contribution in [3.63, 3.8) is 0 Å². The summed E-state index contributed by atoms with van der Waals surface area (Å²) < 4.78 is 46.0. The molecule has 48 heavy (non-hydrogen) atoms. The van der Waals surface area contributed by atoms with Gasteiger partial charge in [0, 0.05) is 14.2 Å². The minimum Gasteiger partial charge on any atom is -0.469 e. The van der Waals surface area contributed by atoms with E-state index in [1.807, 2.05) is 41.5 Å². The Balaban J connectivity index is 0.000000623. The van der Waals surface area contributed by atoms with Gasteiger partial charge in [-0.1, -0.05) is 14.9 Å². The zero-order chi connectivity index (χ0) is 35.2. The first-order chi connectivity index (χ1) is 21.2. The molecule has 14 heteroatoms. The number of esters is 3. The summed E-state index contributed by atoms with van der Waals surface area (Å²) in [6.45, 7) is 12.2. The molecule has 0 bridgehead atoms. The largest absolute Gasteiger partial charge is 0.469 e. The van der Waals surface area contributed by atoms with Crippen LogP contribution in [0.2, 0.25) is 0 Å². The van der Waals surface area contributed by atoms with E-state index in [0.29, 0.717) is 26.1 Å². The van der Waals surface area contributed by atoms with Crippen LogP contribution in [0.3, 0.4) is 0 Å². The summed E-state index contributed by atoms with van der Waals surface area (Å²) in [5.41, 5.74) is -1.47. The molecule has 0 atom stereocenters. The highest BCUT2D eigenvalue weighted by Gasteiger charge is 2.57. The van der Waals surface area contributed by atoms with E-state index < -0.39 is 23.0 Å². The molecule has 5 fully saturated rings. The van der Waals surface area contributed by atoms with Crippen LogP contribution in [-0.4, -0.2) is 118 Å². The fourth-order valence-electron chi connectivity index (χ4n) is 5.92. The SMILES string of the molecule is C.C.COC(=O)C1CC(O)(CO)C1.COC(=O)C1CC2(COC(C)(C)O2)C1.COC(=O)C1CC2(COC(C)(C)O2)C1.COC(C)(C)OC. The minimum absolute atomic E-state index is 0. The van der Waals surface area contributed by atoms with Crippen molar-refractivity contribution >= 4 is 17.9 Å². The van der Waals surface area contributed by atoms with Crippen LogP contribution in [0.5, 0.6) is 0 Å². The fourth-order valence-corrected chi connectivity index (χ4v) is 5.92. The molecule has 2 spiro atoms. The molecule has 5 aliphatic rings. The molecule has 14 nitrogen and oxygen atoms in total. The van der Waals surface area contributed by atoms with Crippen molar-refractivity contribution in [3.8, 4) is 0 Å². The molecular formula is C34H64O14. The van der Waals surface area contributed by atoms with E-state index in [2.05, 4.69) is 14.2 Å². The Bertz CT molecular complexity index is 961. The Morgan fingerprint density at radius 3 is 1.12 bits per heavy atom. The number of ether oxygens (including phenoxy) is 9. The second-order valence-corrected chi connectivity index (χ2v) is 14.0. The van der Waals surface area contributed by atoms with Gasteiger partial charge in [-0.05, 0) is 80.1 Å². The molecule has 284 valence electrons. The molecular weight excluding hydrogens is 632 g/mol. The maximum Gasteiger partial charge on any atom is 0.308 e. The van der Waals surface area contributed by atoms with Crippen molar-refractivity contribution in [1.29, 1.82) is 0 Å². The molecule has 2 heterocycles. The van der Waals surface area contributed by atoms with Gasteiger partial charge in [-0.25, -0.2) is 0 Å². The lowest BCUT2D eigenvalue weighted by Crippen LogP contribution is -2.50. The number of rotatable bonds is 6. The zero-order valence-electron chi connectivity index (χ0n) is 29.4. The van der Waals surface area contributed by atoms with E-state index in [1.54, 1.807) is 14.2 Å². The second kappa shape index (κ2) is 17.8. The van der Waals surface area contributed by atoms with Gasteiger partial charge in [0.1, 0.15) is 0 Å². The van der Waals surface area contributed by atoms with Crippen molar-refractivity contribution in [2.24, 2.45) is 17.8 Å². The van der Waals surface area contributed by atoms with E-state index >= 15 is 0 Å². The Morgan fingerprint density at radius 1 is 0.646 bits per heavy atom. The van der Waals surface area contributed by atoms with Gasteiger partial charge in [0.05, 0.1) is 75.7 Å². The number of carbonyl (C=O) groups is 3. The van der Waals surface area contributed by atoms with Gasteiger partial charge in [0.25, 0.3) is 0 Å². The van der Waals surface area contributed by atoms with Gasteiger partial charge in [0.15, 0.2) is 17.4 Å². The number of hydrogen-bond acceptors (Lipinski definition) is 14. The third-order valence-corrected chi connectivity index (χ3v) is 8.90. The van der Waals surface area contributed by atoms with Gasteiger partial charge in [-0.15, -0.1) is 0 Å². The molecule has 0 aromatic heterocycles. The number of hydrogen-bond donors (Lipinski definition) is 2. The molecule has 0 aromatic rings. The van der Waals surface area contributed by atoms with Crippen LogP contribution >= 0.6 is 0 Å². The van der Waals surface area contributed by atoms with E-state index in [0.717, 1.165) is 25.7 Å². The summed E-state index contributed by atoms with van der Waals surface area (Å²) >= 11 is 0. The van der Waals surface area contributed by atoms with E-state index in [-0.39, 0.29) is 68.3 Å². The quantitative estimate of drug-likeness (QED) is 0.233. The Hall–Kier alpha value is -1.91. The van der Waals surface area contributed by atoms with E-state index in [4.69, 9.17) is 33.5 Å². The zero-order valence-corrected chi connectivity index (χ0v) is 29.4. The number of aliphatic hydroxyl groups is 2. The Labute approximate surface area is 287 Å². The third-order valence-electron chi connectivity index (χ3n) is 8.90. The number of aliphatic hydroxyl groups excluding tert-OH is 1. The van der Waals surface area contributed by atoms with Gasteiger partial charge < -0.3 is 52.8 Å². The van der Waals surface area contributed by atoms with Crippen molar-refractivity contribution in [2.45, 2.75) is 129 Å². The average molecular weight is 697 g/mol. The van der Waals surface area contributed by atoms with Crippen molar-refractivity contribution in [1.82, 2.24) is 0 Å². The normalized spacial score (nSPS) is 33.1. The molecule has 0 amide bonds. The van der Waals surface area contributed by atoms with Crippen LogP contribution in [0, 0.1) is 17.8 Å². The lowest BCUT2D eigenvalue weighted by atomic mass is 9.71. The summed E-state index contributed by atoms with van der Waals surface area (Å²) in [4.78, 5) is 33.1. The molecule has 2 saturated heterocycles. The summed E-state index contributed by atoms with van der Waals surface area (Å²) in [6, 6.07) is 0. The maximum atomic E-state index is 11.2. The molecule has 3 saturated carbocycles. The molecule has 2 aliphatic heterocycles. The third kappa shape index (κ3) is 12.4. The standard InChI is InChI=1S/2C10H16O4.C7H12O4.C5H12O2.2CH4/c2*1-9(2)13-6-10(14-9)4-7(5-10)8(11)12-3;1-11-6(9)5-2-7(10,3-5)4-8;1-5(2,6-3)7-4;;/h2*7H,4-6H2,1-3H3;5,8,10H,2-4H2,1H3;1-4H3;2*1H4. The smallest absolute Gasteiger partial charge is 0.308 e. The Kier molecular flexibility index (Phi) is 17.1. The monoisotopic (exact) mass is 696 g/mol. The van der Waals surface area contributed by atoms with Crippen LogP contribution in [0.1, 0.15) is 94.9 Å². The summed E-state index contributed by atoms with van der Waals surface area (Å²) in [5, 5.41) is 17.9. The highest BCUT2D eigenvalue weighted by atomic mass is 16.8. The first-order valence-corrected chi connectivity index (χ1v) is 15.5. The highest BCUT2D eigenvalue weighted by molar-refractivity contribution is 5.74. The average Bonchev–Trinajstić information content (AvgIpc) is 3.49. The summed E-state index contributed by atoms with van der Waals surface area (Å²) in [7, 11) is 7.39. The van der Waals surface area contributed by atoms with Crippen LogP contribution in [-0.2, 0) is 57.0 Å². The van der Waals surface area contributed by atoms with Gasteiger partial charge in [-0.2, -0.15) is 0 Å². The Morgan fingerprint density at radius 2 is 0.938 bits per heavy atom.